The van der Waals surface area contributed by atoms with Crippen molar-refractivity contribution in [2.24, 2.45) is 5.73 Å². The predicted molar refractivity (Wildman–Crippen MR) is 70.2 cm³/mol. The van der Waals surface area contributed by atoms with Crippen molar-refractivity contribution in [1.29, 1.82) is 0 Å². The van der Waals surface area contributed by atoms with Gasteiger partial charge in [0.15, 0.2) is 0 Å². The lowest BCUT2D eigenvalue weighted by Gasteiger charge is -2.04. The topological polar surface area (TPSA) is 48.1 Å². The quantitative estimate of drug-likeness (QED) is 0.904. The summed E-state index contributed by atoms with van der Waals surface area (Å²) >= 11 is 1.58. The SMILES string of the molecule is Cc1ccc(OCc2nc(C(C)N)cs2)cc1. The fourth-order valence-corrected chi connectivity index (χ4v) is 2.19. The second-order valence-corrected chi connectivity index (χ2v) is 5.00. The molecule has 1 aromatic carbocycles. The molecule has 1 heterocycles. The standard InChI is InChI=1S/C13H16N2OS/c1-9-3-5-11(6-4-9)16-7-13-15-12(8-17-13)10(2)14/h3-6,8,10H,7,14H2,1-2H3. The van der Waals surface area contributed by atoms with Gasteiger partial charge in [-0.2, -0.15) is 0 Å². The molecule has 17 heavy (non-hydrogen) atoms. The minimum absolute atomic E-state index is 0.0145. The summed E-state index contributed by atoms with van der Waals surface area (Å²) in [6, 6.07) is 7.99. The maximum atomic E-state index is 5.75. The summed E-state index contributed by atoms with van der Waals surface area (Å²) in [6.07, 6.45) is 0. The summed E-state index contributed by atoms with van der Waals surface area (Å²) in [7, 11) is 0. The Morgan fingerprint density at radius 2 is 2.06 bits per heavy atom. The van der Waals surface area contributed by atoms with Crippen molar-refractivity contribution < 1.29 is 4.74 Å². The molecule has 0 saturated carbocycles. The van der Waals surface area contributed by atoms with Gasteiger partial charge in [-0.3, -0.25) is 0 Å². The molecule has 0 spiro atoms. The maximum Gasteiger partial charge on any atom is 0.140 e. The average molecular weight is 248 g/mol. The van der Waals surface area contributed by atoms with Crippen molar-refractivity contribution >= 4 is 11.3 Å². The van der Waals surface area contributed by atoms with Gasteiger partial charge in [-0.15, -0.1) is 11.3 Å². The fraction of sp³-hybridized carbons (Fsp3) is 0.308. The molecule has 1 aromatic heterocycles. The third-order valence-corrected chi connectivity index (χ3v) is 3.26. The molecule has 90 valence electrons. The van der Waals surface area contributed by atoms with Crippen molar-refractivity contribution in [3.05, 3.63) is 45.9 Å². The molecule has 0 aliphatic heterocycles. The van der Waals surface area contributed by atoms with Gasteiger partial charge in [-0.25, -0.2) is 4.98 Å². The Balaban J connectivity index is 1.95. The van der Waals surface area contributed by atoms with Crippen LogP contribution in [0.3, 0.4) is 0 Å². The number of ether oxygens (including phenoxy) is 1. The van der Waals surface area contributed by atoms with E-state index in [2.05, 4.69) is 11.9 Å². The Hall–Kier alpha value is -1.39. The van der Waals surface area contributed by atoms with E-state index < -0.39 is 0 Å². The van der Waals surface area contributed by atoms with E-state index in [0.717, 1.165) is 16.5 Å². The van der Waals surface area contributed by atoms with Gasteiger partial charge in [0.05, 0.1) is 5.69 Å². The Morgan fingerprint density at radius 1 is 1.35 bits per heavy atom. The molecule has 1 atom stereocenters. The van der Waals surface area contributed by atoms with E-state index in [4.69, 9.17) is 10.5 Å². The zero-order valence-electron chi connectivity index (χ0n) is 10.0. The minimum atomic E-state index is -0.0145. The molecule has 0 fully saturated rings. The summed E-state index contributed by atoms with van der Waals surface area (Å²) < 4.78 is 5.65. The third kappa shape index (κ3) is 3.28. The van der Waals surface area contributed by atoms with Crippen LogP contribution in [0.4, 0.5) is 0 Å². The Kier molecular flexibility index (Phi) is 3.76. The molecule has 0 bridgehead atoms. The van der Waals surface area contributed by atoms with Crippen LogP contribution in [-0.2, 0) is 6.61 Å². The van der Waals surface area contributed by atoms with E-state index in [-0.39, 0.29) is 6.04 Å². The van der Waals surface area contributed by atoms with Crippen molar-refractivity contribution in [3.63, 3.8) is 0 Å². The zero-order chi connectivity index (χ0) is 12.3. The fourth-order valence-electron chi connectivity index (χ4n) is 1.38. The number of aryl methyl sites for hydroxylation is 1. The van der Waals surface area contributed by atoms with Crippen LogP contribution < -0.4 is 10.5 Å². The second kappa shape index (κ2) is 5.29. The first-order valence-corrected chi connectivity index (χ1v) is 6.42. The van der Waals surface area contributed by atoms with Gasteiger partial charge in [-0.1, -0.05) is 17.7 Å². The van der Waals surface area contributed by atoms with Gasteiger partial charge in [0.25, 0.3) is 0 Å². The number of rotatable bonds is 4. The van der Waals surface area contributed by atoms with Crippen molar-refractivity contribution in [2.45, 2.75) is 26.5 Å². The van der Waals surface area contributed by atoms with E-state index in [0.29, 0.717) is 6.61 Å². The van der Waals surface area contributed by atoms with Gasteiger partial charge in [0, 0.05) is 11.4 Å². The lowest BCUT2D eigenvalue weighted by atomic mass is 10.2. The third-order valence-electron chi connectivity index (χ3n) is 2.42. The molecule has 0 aliphatic carbocycles. The molecule has 2 aromatic rings. The van der Waals surface area contributed by atoms with E-state index in [9.17, 15) is 0 Å². The highest BCUT2D eigenvalue weighted by Gasteiger charge is 2.06. The predicted octanol–water partition coefficient (Wildman–Crippen LogP) is 3.05. The monoisotopic (exact) mass is 248 g/mol. The summed E-state index contributed by atoms with van der Waals surface area (Å²) in [5, 5.41) is 2.94. The number of nitrogens with two attached hydrogens (primary N) is 1. The molecular formula is C13H16N2OS. The highest BCUT2D eigenvalue weighted by atomic mass is 32.1. The molecular weight excluding hydrogens is 232 g/mol. The van der Waals surface area contributed by atoms with Crippen LogP contribution in [0.15, 0.2) is 29.6 Å². The molecule has 0 radical (unpaired) electrons. The van der Waals surface area contributed by atoms with Crippen LogP contribution in [0, 0.1) is 6.92 Å². The summed E-state index contributed by atoms with van der Waals surface area (Å²) in [4.78, 5) is 4.41. The van der Waals surface area contributed by atoms with E-state index >= 15 is 0 Å². The van der Waals surface area contributed by atoms with Crippen molar-refractivity contribution in [1.82, 2.24) is 4.98 Å². The number of hydrogen-bond donors (Lipinski definition) is 1. The number of benzene rings is 1. The summed E-state index contributed by atoms with van der Waals surface area (Å²) in [5.74, 6) is 0.869. The van der Waals surface area contributed by atoms with E-state index in [1.165, 1.54) is 5.56 Å². The van der Waals surface area contributed by atoms with Gasteiger partial charge in [0.1, 0.15) is 17.4 Å². The summed E-state index contributed by atoms with van der Waals surface area (Å²) in [5.41, 5.74) is 7.91. The van der Waals surface area contributed by atoms with Crippen molar-refractivity contribution in [3.8, 4) is 5.75 Å². The number of thiazole rings is 1. The van der Waals surface area contributed by atoms with Gasteiger partial charge in [-0.05, 0) is 26.0 Å². The molecule has 0 saturated heterocycles. The van der Waals surface area contributed by atoms with E-state index in [1.807, 2.05) is 36.6 Å². The molecule has 4 heteroatoms. The van der Waals surface area contributed by atoms with E-state index in [1.54, 1.807) is 11.3 Å². The van der Waals surface area contributed by atoms with Crippen LogP contribution >= 0.6 is 11.3 Å². The van der Waals surface area contributed by atoms with Crippen LogP contribution in [0.1, 0.15) is 29.2 Å². The molecule has 3 nitrogen and oxygen atoms in total. The number of nitrogens with zero attached hydrogens (tertiary/aromatic N) is 1. The first-order chi connectivity index (χ1) is 8.15. The van der Waals surface area contributed by atoms with Crippen molar-refractivity contribution in [2.75, 3.05) is 0 Å². The molecule has 0 aliphatic rings. The molecule has 2 rings (SSSR count). The first kappa shape index (κ1) is 12.1. The van der Waals surface area contributed by atoms with Gasteiger partial charge < -0.3 is 10.5 Å². The maximum absolute atomic E-state index is 5.75. The highest BCUT2D eigenvalue weighted by Crippen LogP contribution is 2.18. The number of hydrogen-bond acceptors (Lipinski definition) is 4. The van der Waals surface area contributed by atoms with Gasteiger partial charge >= 0.3 is 0 Å². The molecule has 0 amide bonds. The number of aromatic nitrogens is 1. The van der Waals surface area contributed by atoms with Crippen LogP contribution in [0.25, 0.3) is 0 Å². The first-order valence-electron chi connectivity index (χ1n) is 5.54. The zero-order valence-corrected chi connectivity index (χ0v) is 10.8. The van der Waals surface area contributed by atoms with Crippen LogP contribution in [-0.4, -0.2) is 4.98 Å². The molecule has 1 unspecified atom stereocenters. The largest absolute Gasteiger partial charge is 0.486 e. The van der Waals surface area contributed by atoms with Crippen LogP contribution in [0.5, 0.6) is 5.75 Å². The Labute approximate surface area is 105 Å². The second-order valence-electron chi connectivity index (χ2n) is 4.06. The molecule has 2 N–H and O–H groups in total. The lowest BCUT2D eigenvalue weighted by Crippen LogP contribution is -2.05. The smallest absolute Gasteiger partial charge is 0.140 e. The minimum Gasteiger partial charge on any atom is -0.486 e. The van der Waals surface area contributed by atoms with Crippen LogP contribution in [0.2, 0.25) is 0 Å². The van der Waals surface area contributed by atoms with Gasteiger partial charge in [0.2, 0.25) is 0 Å². The lowest BCUT2D eigenvalue weighted by molar-refractivity contribution is 0.305. The highest BCUT2D eigenvalue weighted by molar-refractivity contribution is 7.09. The average Bonchev–Trinajstić information content (AvgIpc) is 2.77. The Morgan fingerprint density at radius 3 is 2.65 bits per heavy atom. The summed E-state index contributed by atoms with van der Waals surface area (Å²) in [6.45, 7) is 4.49. The Bertz CT molecular complexity index is 476. The normalized spacial score (nSPS) is 12.4.